The van der Waals surface area contributed by atoms with Crippen LogP contribution >= 0.6 is 0 Å². The maximum absolute atomic E-state index is 13.3. The number of ether oxygens (including phenoxy) is 2. The van der Waals surface area contributed by atoms with Gasteiger partial charge in [0.25, 0.3) is 0 Å². The maximum Gasteiger partial charge on any atom is 0.335 e. The Morgan fingerprint density at radius 2 is 1.81 bits per heavy atom. The molecule has 1 N–H and O–H groups in total. The van der Waals surface area contributed by atoms with Gasteiger partial charge in [-0.2, -0.15) is 0 Å². The quantitative estimate of drug-likeness (QED) is 0.832. The number of hydrogen-bond donors (Lipinski definition) is 1. The van der Waals surface area contributed by atoms with Crippen LogP contribution in [0.3, 0.4) is 0 Å². The highest BCUT2D eigenvalue weighted by Gasteiger charge is 2.06. The number of benzene rings is 2. The number of carboxylic acids is 1. The Bertz CT molecular complexity index is 643. The van der Waals surface area contributed by atoms with Gasteiger partial charge < -0.3 is 14.6 Å². The van der Waals surface area contributed by atoms with Gasteiger partial charge >= 0.3 is 5.97 Å². The third-order valence-electron chi connectivity index (χ3n) is 2.58. The summed E-state index contributed by atoms with van der Waals surface area (Å²) in [5.41, 5.74) is 0.109. The first-order valence-corrected chi connectivity index (χ1v) is 6.10. The molecule has 0 amide bonds. The first-order chi connectivity index (χ1) is 10.1. The van der Waals surface area contributed by atoms with E-state index < -0.39 is 17.6 Å². The number of halogens is 2. The molecule has 0 aliphatic rings. The summed E-state index contributed by atoms with van der Waals surface area (Å²) in [6.45, 7) is 0.139. The lowest BCUT2D eigenvalue weighted by atomic mass is 10.2. The van der Waals surface area contributed by atoms with E-state index >= 15 is 0 Å². The molecule has 0 aromatic heterocycles. The Balaban J connectivity index is 1.84. The Labute approximate surface area is 119 Å². The van der Waals surface area contributed by atoms with Crippen LogP contribution in [0.25, 0.3) is 0 Å². The lowest BCUT2D eigenvalue weighted by Crippen LogP contribution is -2.10. The van der Waals surface area contributed by atoms with Crippen LogP contribution < -0.4 is 9.47 Å². The summed E-state index contributed by atoms with van der Waals surface area (Å²) in [6, 6.07) is 8.99. The minimum Gasteiger partial charge on any atom is -0.490 e. The van der Waals surface area contributed by atoms with Gasteiger partial charge in [0.15, 0.2) is 11.6 Å². The number of aromatic carboxylic acids is 1. The molecule has 0 unspecified atom stereocenters. The average molecular weight is 294 g/mol. The van der Waals surface area contributed by atoms with Crippen molar-refractivity contribution in [2.24, 2.45) is 0 Å². The fraction of sp³-hybridized carbons (Fsp3) is 0.133. The van der Waals surface area contributed by atoms with Crippen LogP contribution in [-0.4, -0.2) is 24.3 Å². The number of hydrogen-bond acceptors (Lipinski definition) is 3. The molecule has 110 valence electrons. The van der Waals surface area contributed by atoms with Crippen LogP contribution in [0.2, 0.25) is 0 Å². The Hall–Kier alpha value is -2.63. The molecule has 0 saturated heterocycles. The fourth-order valence-corrected chi connectivity index (χ4v) is 1.62. The van der Waals surface area contributed by atoms with Crippen molar-refractivity contribution in [3.05, 3.63) is 59.7 Å². The monoisotopic (exact) mass is 294 g/mol. The van der Waals surface area contributed by atoms with Gasteiger partial charge in [0.1, 0.15) is 24.8 Å². The van der Waals surface area contributed by atoms with Crippen molar-refractivity contribution in [3.8, 4) is 11.5 Å². The molecule has 21 heavy (non-hydrogen) atoms. The van der Waals surface area contributed by atoms with Crippen LogP contribution in [0.1, 0.15) is 10.4 Å². The molecule has 2 aromatic rings. The van der Waals surface area contributed by atoms with Gasteiger partial charge in [-0.25, -0.2) is 13.6 Å². The zero-order valence-corrected chi connectivity index (χ0v) is 10.9. The summed E-state index contributed by atoms with van der Waals surface area (Å²) in [6.07, 6.45) is 0. The second-order valence-corrected chi connectivity index (χ2v) is 4.10. The van der Waals surface area contributed by atoms with Crippen LogP contribution in [0.4, 0.5) is 8.78 Å². The predicted octanol–water partition coefficient (Wildman–Crippen LogP) is 3.12. The molecule has 2 aromatic carbocycles. The van der Waals surface area contributed by atoms with Crippen molar-refractivity contribution in [1.29, 1.82) is 0 Å². The van der Waals surface area contributed by atoms with E-state index in [1.165, 1.54) is 18.2 Å². The molecule has 0 fully saturated rings. The highest BCUT2D eigenvalue weighted by Crippen LogP contribution is 2.18. The summed E-state index contributed by atoms with van der Waals surface area (Å²) in [4.78, 5) is 10.8. The highest BCUT2D eigenvalue weighted by molar-refractivity contribution is 5.87. The van der Waals surface area contributed by atoms with Gasteiger partial charge in [0.05, 0.1) is 5.56 Å². The highest BCUT2D eigenvalue weighted by atomic mass is 19.1. The van der Waals surface area contributed by atoms with Gasteiger partial charge in [-0.1, -0.05) is 6.07 Å². The van der Waals surface area contributed by atoms with Crippen LogP contribution in [-0.2, 0) is 0 Å². The van der Waals surface area contributed by atoms with E-state index in [0.717, 1.165) is 12.1 Å². The molecule has 4 nitrogen and oxygen atoms in total. The molecule has 0 radical (unpaired) electrons. The molecule has 0 saturated carbocycles. The van der Waals surface area contributed by atoms with Gasteiger partial charge in [-0.15, -0.1) is 0 Å². The second kappa shape index (κ2) is 6.69. The SMILES string of the molecule is O=C(O)c1cccc(OCCOc2ccc(F)cc2F)c1. The lowest BCUT2D eigenvalue weighted by Gasteiger charge is -2.09. The van der Waals surface area contributed by atoms with Gasteiger partial charge in [-0.05, 0) is 30.3 Å². The van der Waals surface area contributed by atoms with E-state index in [1.807, 2.05) is 0 Å². The van der Waals surface area contributed by atoms with Crippen molar-refractivity contribution in [3.63, 3.8) is 0 Å². The van der Waals surface area contributed by atoms with Gasteiger partial charge in [0.2, 0.25) is 0 Å². The van der Waals surface area contributed by atoms with Crippen LogP contribution in [0.5, 0.6) is 11.5 Å². The standard InChI is InChI=1S/C15H12F2O4/c16-11-4-5-14(13(17)9-11)21-7-6-20-12-3-1-2-10(8-12)15(18)19/h1-5,8-9H,6-7H2,(H,18,19). The summed E-state index contributed by atoms with van der Waals surface area (Å²) in [5, 5.41) is 8.83. The third kappa shape index (κ3) is 4.17. The smallest absolute Gasteiger partial charge is 0.335 e. The maximum atomic E-state index is 13.3. The molecular weight excluding hydrogens is 282 g/mol. The minimum atomic E-state index is -1.05. The van der Waals surface area contributed by atoms with E-state index in [-0.39, 0.29) is 24.5 Å². The minimum absolute atomic E-state index is 0.0415. The molecule has 0 aliphatic carbocycles. The third-order valence-corrected chi connectivity index (χ3v) is 2.58. The zero-order chi connectivity index (χ0) is 15.2. The van der Waals surface area contributed by atoms with Gasteiger partial charge in [-0.3, -0.25) is 0 Å². The first kappa shape index (κ1) is 14.8. The molecule has 2 rings (SSSR count). The molecule has 0 aliphatic heterocycles. The van der Waals surface area contributed by atoms with E-state index in [1.54, 1.807) is 12.1 Å². The zero-order valence-electron chi connectivity index (χ0n) is 10.9. The van der Waals surface area contributed by atoms with Crippen molar-refractivity contribution in [2.75, 3.05) is 13.2 Å². The van der Waals surface area contributed by atoms with E-state index in [4.69, 9.17) is 14.6 Å². The van der Waals surface area contributed by atoms with Crippen molar-refractivity contribution < 1.29 is 28.2 Å². The Morgan fingerprint density at radius 1 is 1.05 bits per heavy atom. The lowest BCUT2D eigenvalue weighted by molar-refractivity contribution is 0.0696. The first-order valence-electron chi connectivity index (χ1n) is 6.10. The molecule has 0 spiro atoms. The fourth-order valence-electron chi connectivity index (χ4n) is 1.62. The number of rotatable bonds is 6. The summed E-state index contributed by atoms with van der Waals surface area (Å²) in [5.74, 6) is -2.22. The molecule has 0 heterocycles. The second-order valence-electron chi connectivity index (χ2n) is 4.10. The van der Waals surface area contributed by atoms with Crippen LogP contribution in [0, 0.1) is 11.6 Å². The van der Waals surface area contributed by atoms with Crippen LogP contribution in [0.15, 0.2) is 42.5 Å². The molecule has 0 bridgehead atoms. The molecular formula is C15H12F2O4. The predicted molar refractivity (Wildman–Crippen MR) is 70.7 cm³/mol. The summed E-state index contributed by atoms with van der Waals surface area (Å²) in [7, 11) is 0. The number of carboxylic acid groups (broad SMARTS) is 1. The molecule has 0 atom stereocenters. The van der Waals surface area contributed by atoms with E-state index in [9.17, 15) is 13.6 Å². The largest absolute Gasteiger partial charge is 0.490 e. The van der Waals surface area contributed by atoms with E-state index in [2.05, 4.69) is 0 Å². The van der Waals surface area contributed by atoms with Crippen molar-refractivity contribution >= 4 is 5.97 Å². The average Bonchev–Trinajstić information content (AvgIpc) is 2.45. The van der Waals surface area contributed by atoms with Crippen molar-refractivity contribution in [1.82, 2.24) is 0 Å². The molecule has 6 heteroatoms. The summed E-state index contributed by atoms with van der Waals surface area (Å²) < 4.78 is 36.4. The number of carbonyl (C=O) groups is 1. The normalized spacial score (nSPS) is 10.2. The summed E-state index contributed by atoms with van der Waals surface area (Å²) >= 11 is 0. The van der Waals surface area contributed by atoms with Crippen molar-refractivity contribution in [2.45, 2.75) is 0 Å². The van der Waals surface area contributed by atoms with Gasteiger partial charge in [0, 0.05) is 6.07 Å². The topological polar surface area (TPSA) is 55.8 Å². The Kier molecular flexibility index (Phi) is 4.71. The Morgan fingerprint density at radius 3 is 2.52 bits per heavy atom. The van der Waals surface area contributed by atoms with E-state index in [0.29, 0.717) is 5.75 Å².